The van der Waals surface area contributed by atoms with Crippen molar-refractivity contribution in [2.75, 3.05) is 24.6 Å². The standard InChI is InChI=1S/C15H24N2O/c1-12(2)16-10-14-6-4-5-7-15(14)17-8-9-18-13(3)11-17/h4-7,12-13,16H,8-11H2,1-3H3. The highest BCUT2D eigenvalue weighted by Gasteiger charge is 2.18. The van der Waals surface area contributed by atoms with Crippen LogP contribution in [0.25, 0.3) is 0 Å². The molecule has 3 heteroatoms. The Morgan fingerprint density at radius 1 is 1.39 bits per heavy atom. The number of hydrogen-bond acceptors (Lipinski definition) is 3. The molecule has 1 N–H and O–H groups in total. The number of rotatable bonds is 4. The molecule has 1 unspecified atom stereocenters. The van der Waals surface area contributed by atoms with Crippen LogP contribution in [-0.2, 0) is 11.3 Å². The number of anilines is 1. The molecule has 1 aromatic rings. The van der Waals surface area contributed by atoms with Crippen LogP contribution in [0.1, 0.15) is 26.3 Å². The van der Waals surface area contributed by atoms with Crippen LogP contribution < -0.4 is 10.2 Å². The molecule has 100 valence electrons. The summed E-state index contributed by atoms with van der Waals surface area (Å²) in [5.74, 6) is 0. The van der Waals surface area contributed by atoms with E-state index in [1.165, 1.54) is 11.3 Å². The van der Waals surface area contributed by atoms with Crippen molar-refractivity contribution >= 4 is 5.69 Å². The lowest BCUT2D eigenvalue weighted by molar-refractivity contribution is 0.0531. The van der Waals surface area contributed by atoms with E-state index < -0.39 is 0 Å². The molecule has 0 bridgehead atoms. The van der Waals surface area contributed by atoms with Gasteiger partial charge in [-0.1, -0.05) is 32.0 Å². The van der Waals surface area contributed by atoms with E-state index in [9.17, 15) is 0 Å². The van der Waals surface area contributed by atoms with Gasteiger partial charge in [0.1, 0.15) is 0 Å². The predicted molar refractivity (Wildman–Crippen MR) is 76.0 cm³/mol. The summed E-state index contributed by atoms with van der Waals surface area (Å²) in [6, 6.07) is 9.18. The average molecular weight is 248 g/mol. The lowest BCUT2D eigenvalue weighted by atomic mass is 10.1. The van der Waals surface area contributed by atoms with Gasteiger partial charge in [-0.25, -0.2) is 0 Å². The molecule has 1 fully saturated rings. The lowest BCUT2D eigenvalue weighted by Gasteiger charge is -2.34. The second kappa shape index (κ2) is 6.21. The van der Waals surface area contributed by atoms with E-state index in [0.717, 1.165) is 26.2 Å². The first kappa shape index (κ1) is 13.4. The summed E-state index contributed by atoms with van der Waals surface area (Å²) in [7, 11) is 0. The molecule has 1 aromatic carbocycles. The zero-order valence-corrected chi connectivity index (χ0v) is 11.6. The van der Waals surface area contributed by atoms with Crippen LogP contribution in [0.15, 0.2) is 24.3 Å². The van der Waals surface area contributed by atoms with Gasteiger partial charge in [0.25, 0.3) is 0 Å². The van der Waals surface area contributed by atoms with E-state index in [4.69, 9.17) is 4.74 Å². The molecule has 2 rings (SSSR count). The number of hydrogen-bond donors (Lipinski definition) is 1. The third kappa shape index (κ3) is 3.47. The Labute approximate surface area is 110 Å². The number of para-hydroxylation sites is 1. The molecule has 0 radical (unpaired) electrons. The Bertz CT molecular complexity index is 379. The van der Waals surface area contributed by atoms with Crippen LogP contribution >= 0.6 is 0 Å². The van der Waals surface area contributed by atoms with Gasteiger partial charge >= 0.3 is 0 Å². The van der Waals surface area contributed by atoms with Gasteiger partial charge in [-0.15, -0.1) is 0 Å². The minimum absolute atomic E-state index is 0.324. The molecule has 1 aliphatic heterocycles. The van der Waals surface area contributed by atoms with E-state index >= 15 is 0 Å². The maximum absolute atomic E-state index is 5.61. The van der Waals surface area contributed by atoms with Crippen molar-refractivity contribution in [2.45, 2.75) is 39.5 Å². The summed E-state index contributed by atoms with van der Waals surface area (Å²) in [4.78, 5) is 2.44. The molecule has 1 atom stereocenters. The number of ether oxygens (including phenoxy) is 1. The first-order valence-electron chi connectivity index (χ1n) is 6.84. The smallest absolute Gasteiger partial charge is 0.0722 e. The highest BCUT2D eigenvalue weighted by atomic mass is 16.5. The minimum Gasteiger partial charge on any atom is -0.375 e. The van der Waals surface area contributed by atoms with Gasteiger partial charge in [0.05, 0.1) is 12.7 Å². The fraction of sp³-hybridized carbons (Fsp3) is 0.600. The largest absolute Gasteiger partial charge is 0.375 e. The molecule has 1 saturated heterocycles. The zero-order valence-electron chi connectivity index (χ0n) is 11.6. The summed E-state index contributed by atoms with van der Waals surface area (Å²) in [6.45, 7) is 10.2. The first-order valence-corrected chi connectivity index (χ1v) is 6.84. The zero-order chi connectivity index (χ0) is 13.0. The molecule has 0 spiro atoms. The summed E-state index contributed by atoms with van der Waals surface area (Å²) in [5, 5.41) is 3.49. The molecule has 0 amide bonds. The van der Waals surface area contributed by atoms with Gasteiger partial charge in [0, 0.05) is 31.4 Å². The minimum atomic E-state index is 0.324. The summed E-state index contributed by atoms with van der Waals surface area (Å²) < 4.78 is 5.61. The molecule has 3 nitrogen and oxygen atoms in total. The summed E-state index contributed by atoms with van der Waals surface area (Å²) >= 11 is 0. The van der Waals surface area contributed by atoms with Crippen molar-refractivity contribution in [3.05, 3.63) is 29.8 Å². The fourth-order valence-electron chi connectivity index (χ4n) is 2.32. The highest BCUT2D eigenvalue weighted by Crippen LogP contribution is 2.22. The number of nitrogens with one attached hydrogen (secondary N) is 1. The first-order chi connectivity index (χ1) is 8.66. The number of morpholine rings is 1. The molecule has 1 aliphatic rings. The van der Waals surface area contributed by atoms with Crippen LogP contribution in [-0.4, -0.2) is 31.8 Å². The Balaban J connectivity index is 2.10. The third-order valence-electron chi connectivity index (χ3n) is 3.27. The van der Waals surface area contributed by atoms with Crippen LogP contribution in [0.3, 0.4) is 0 Å². The van der Waals surface area contributed by atoms with Crippen molar-refractivity contribution in [1.29, 1.82) is 0 Å². The number of benzene rings is 1. The third-order valence-corrected chi connectivity index (χ3v) is 3.27. The van der Waals surface area contributed by atoms with Crippen LogP contribution in [0, 0.1) is 0 Å². The van der Waals surface area contributed by atoms with E-state index in [0.29, 0.717) is 12.1 Å². The van der Waals surface area contributed by atoms with Gasteiger partial charge in [0.15, 0.2) is 0 Å². The monoisotopic (exact) mass is 248 g/mol. The Kier molecular flexibility index (Phi) is 4.61. The van der Waals surface area contributed by atoms with Crippen LogP contribution in [0.4, 0.5) is 5.69 Å². The molecular weight excluding hydrogens is 224 g/mol. The normalized spacial score (nSPS) is 20.4. The predicted octanol–water partition coefficient (Wildman–Crippen LogP) is 2.41. The van der Waals surface area contributed by atoms with Crippen molar-refractivity contribution < 1.29 is 4.74 Å². The van der Waals surface area contributed by atoms with Gasteiger partial charge in [-0.2, -0.15) is 0 Å². The quantitative estimate of drug-likeness (QED) is 0.885. The van der Waals surface area contributed by atoms with Crippen molar-refractivity contribution in [3.8, 4) is 0 Å². The number of nitrogens with zero attached hydrogens (tertiary/aromatic N) is 1. The van der Waals surface area contributed by atoms with Gasteiger partial charge < -0.3 is 15.0 Å². The topological polar surface area (TPSA) is 24.5 Å². The van der Waals surface area contributed by atoms with E-state index in [1.54, 1.807) is 0 Å². The highest BCUT2D eigenvalue weighted by molar-refractivity contribution is 5.54. The van der Waals surface area contributed by atoms with Gasteiger partial charge in [-0.05, 0) is 18.6 Å². The second-order valence-corrected chi connectivity index (χ2v) is 5.29. The van der Waals surface area contributed by atoms with Crippen molar-refractivity contribution in [2.24, 2.45) is 0 Å². The second-order valence-electron chi connectivity index (χ2n) is 5.29. The SMILES string of the molecule is CC(C)NCc1ccccc1N1CCOC(C)C1. The molecule has 0 aliphatic carbocycles. The molecule has 18 heavy (non-hydrogen) atoms. The molecule has 0 aromatic heterocycles. The van der Waals surface area contributed by atoms with Gasteiger partial charge in [-0.3, -0.25) is 0 Å². The van der Waals surface area contributed by atoms with E-state index in [-0.39, 0.29) is 0 Å². The molecule has 1 heterocycles. The van der Waals surface area contributed by atoms with Gasteiger partial charge in [0.2, 0.25) is 0 Å². The molecule has 0 saturated carbocycles. The van der Waals surface area contributed by atoms with Crippen molar-refractivity contribution in [3.63, 3.8) is 0 Å². The van der Waals surface area contributed by atoms with Crippen LogP contribution in [0.5, 0.6) is 0 Å². The summed E-state index contributed by atoms with van der Waals surface area (Å²) in [6.07, 6.45) is 0.324. The van der Waals surface area contributed by atoms with E-state index in [2.05, 4.69) is 55.3 Å². The van der Waals surface area contributed by atoms with Crippen molar-refractivity contribution in [1.82, 2.24) is 5.32 Å². The van der Waals surface area contributed by atoms with Crippen LogP contribution in [0.2, 0.25) is 0 Å². The maximum Gasteiger partial charge on any atom is 0.0722 e. The maximum atomic E-state index is 5.61. The molecular formula is C15H24N2O. The average Bonchev–Trinajstić information content (AvgIpc) is 2.36. The van der Waals surface area contributed by atoms with E-state index in [1.807, 2.05) is 0 Å². The fourth-order valence-corrected chi connectivity index (χ4v) is 2.32. The Morgan fingerprint density at radius 2 is 2.17 bits per heavy atom. The Morgan fingerprint density at radius 3 is 2.89 bits per heavy atom. The summed E-state index contributed by atoms with van der Waals surface area (Å²) in [5.41, 5.74) is 2.72. The Hall–Kier alpha value is -1.06. The lowest BCUT2D eigenvalue weighted by Crippen LogP contribution is -2.41.